The third kappa shape index (κ3) is 10.0. The van der Waals surface area contributed by atoms with Gasteiger partial charge in [0, 0.05) is 6.21 Å². The second-order valence-electron chi connectivity index (χ2n) is 7.63. The van der Waals surface area contributed by atoms with Gasteiger partial charge in [-0.25, -0.2) is 0 Å². The maximum Gasteiger partial charge on any atom is 0.184 e. The highest BCUT2D eigenvalue weighted by Gasteiger charge is 2.21. The lowest BCUT2D eigenvalue weighted by molar-refractivity contribution is 0.201. The normalized spacial score (nSPS) is 15.0. The second-order valence-corrected chi connectivity index (χ2v) is 12.1. The zero-order valence-corrected chi connectivity index (χ0v) is 16.4. The molecular formula is C20H31NOSi. The molecule has 0 amide bonds. The summed E-state index contributed by atoms with van der Waals surface area (Å²) in [5.74, 6) is 0. The van der Waals surface area contributed by atoms with E-state index in [9.17, 15) is 0 Å². The van der Waals surface area contributed by atoms with E-state index in [1.165, 1.54) is 5.56 Å². The molecule has 0 spiro atoms. The summed E-state index contributed by atoms with van der Waals surface area (Å²) in [7, 11) is -1.58. The molecule has 1 atom stereocenters. The molecule has 1 unspecified atom stereocenters. The lowest BCUT2D eigenvalue weighted by atomic mass is 10.1. The molecule has 0 aliphatic rings. The standard InChI is InChI=1S/C20H31NOSi/c1-20(2,3)21-17-13-8-7-12-16-19(22-23(4,5)6)18-14-10-9-11-15-18/h7-15,17,19H,16H2,1-6H3/b12-7+,13-8+,21-17?. The SMILES string of the molecule is CC(C)(C)N=C/C=C/C=C/CC(O[Si](C)(C)C)c1ccccc1. The van der Waals surface area contributed by atoms with E-state index in [-0.39, 0.29) is 11.6 Å². The minimum Gasteiger partial charge on any atom is -0.410 e. The summed E-state index contributed by atoms with van der Waals surface area (Å²) < 4.78 is 6.33. The molecule has 0 heterocycles. The van der Waals surface area contributed by atoms with Crippen LogP contribution in [0, 0.1) is 0 Å². The quantitative estimate of drug-likeness (QED) is 0.344. The van der Waals surface area contributed by atoms with Crippen LogP contribution in [0.4, 0.5) is 0 Å². The summed E-state index contributed by atoms with van der Waals surface area (Å²) in [6.07, 6.45) is 11.1. The summed E-state index contributed by atoms with van der Waals surface area (Å²) in [6, 6.07) is 10.5. The fraction of sp³-hybridized carbons (Fsp3) is 0.450. The number of benzene rings is 1. The van der Waals surface area contributed by atoms with Crippen LogP contribution >= 0.6 is 0 Å². The van der Waals surface area contributed by atoms with Crippen molar-refractivity contribution in [3.8, 4) is 0 Å². The summed E-state index contributed by atoms with van der Waals surface area (Å²) >= 11 is 0. The Bertz CT molecular complexity index is 533. The van der Waals surface area contributed by atoms with Crippen molar-refractivity contribution >= 4 is 14.5 Å². The molecule has 1 rings (SSSR count). The average Bonchev–Trinajstić information content (AvgIpc) is 2.43. The van der Waals surface area contributed by atoms with E-state index < -0.39 is 8.32 Å². The van der Waals surface area contributed by atoms with Crippen molar-refractivity contribution in [3.05, 3.63) is 60.2 Å². The van der Waals surface area contributed by atoms with Crippen LogP contribution in [0.5, 0.6) is 0 Å². The minimum absolute atomic E-state index is 0.0162. The van der Waals surface area contributed by atoms with Crippen molar-refractivity contribution in [3.63, 3.8) is 0 Å². The monoisotopic (exact) mass is 329 g/mol. The van der Waals surface area contributed by atoms with Crippen molar-refractivity contribution in [2.24, 2.45) is 4.99 Å². The zero-order chi connectivity index (χ0) is 17.3. The molecule has 23 heavy (non-hydrogen) atoms. The maximum atomic E-state index is 6.33. The molecule has 0 bridgehead atoms. The zero-order valence-electron chi connectivity index (χ0n) is 15.4. The van der Waals surface area contributed by atoms with E-state index in [0.29, 0.717) is 0 Å². The lowest BCUT2D eigenvalue weighted by Crippen LogP contribution is -2.27. The van der Waals surface area contributed by atoms with Crippen LogP contribution < -0.4 is 0 Å². The van der Waals surface area contributed by atoms with Crippen molar-refractivity contribution in [1.82, 2.24) is 0 Å². The van der Waals surface area contributed by atoms with Crippen LogP contribution in [0.3, 0.4) is 0 Å². The molecule has 0 N–H and O–H groups in total. The number of hydrogen-bond donors (Lipinski definition) is 0. The molecule has 0 aliphatic carbocycles. The van der Waals surface area contributed by atoms with Gasteiger partial charge < -0.3 is 4.43 Å². The molecule has 3 heteroatoms. The van der Waals surface area contributed by atoms with Gasteiger partial charge in [-0.15, -0.1) is 0 Å². The maximum absolute atomic E-state index is 6.33. The van der Waals surface area contributed by atoms with Crippen molar-refractivity contribution in [1.29, 1.82) is 0 Å². The van der Waals surface area contributed by atoms with Gasteiger partial charge in [0.25, 0.3) is 0 Å². The fourth-order valence-corrected chi connectivity index (χ4v) is 3.09. The highest BCUT2D eigenvalue weighted by Crippen LogP contribution is 2.25. The minimum atomic E-state index is -1.58. The summed E-state index contributed by atoms with van der Waals surface area (Å²) in [5, 5.41) is 0. The Hall–Kier alpha value is -1.45. The van der Waals surface area contributed by atoms with Crippen molar-refractivity contribution in [2.75, 3.05) is 0 Å². The predicted octanol–water partition coefficient (Wildman–Crippen LogP) is 5.95. The fourth-order valence-electron chi connectivity index (χ4n) is 2.01. The molecular weight excluding hydrogens is 298 g/mol. The predicted molar refractivity (Wildman–Crippen MR) is 105 cm³/mol. The number of rotatable bonds is 7. The number of hydrogen-bond acceptors (Lipinski definition) is 2. The molecule has 0 fully saturated rings. The molecule has 2 nitrogen and oxygen atoms in total. The molecule has 0 saturated heterocycles. The third-order valence-corrected chi connectivity index (χ3v) is 3.92. The molecule has 1 aromatic rings. The second kappa shape index (κ2) is 8.99. The van der Waals surface area contributed by atoms with Gasteiger partial charge >= 0.3 is 0 Å². The van der Waals surface area contributed by atoms with Gasteiger partial charge in [0.05, 0.1) is 11.6 Å². The Kier molecular flexibility index (Phi) is 7.66. The smallest absolute Gasteiger partial charge is 0.184 e. The first kappa shape index (κ1) is 19.6. The average molecular weight is 330 g/mol. The van der Waals surface area contributed by atoms with E-state index in [0.717, 1.165) is 6.42 Å². The van der Waals surface area contributed by atoms with Crippen LogP contribution in [-0.4, -0.2) is 20.1 Å². The van der Waals surface area contributed by atoms with Gasteiger partial charge in [0.1, 0.15) is 0 Å². The highest BCUT2D eigenvalue weighted by atomic mass is 28.4. The van der Waals surface area contributed by atoms with E-state index in [2.05, 4.69) is 81.8 Å². The van der Waals surface area contributed by atoms with Crippen LogP contribution in [-0.2, 0) is 4.43 Å². The summed E-state index contributed by atoms with van der Waals surface area (Å²) in [4.78, 5) is 4.42. The molecule has 126 valence electrons. The van der Waals surface area contributed by atoms with Crippen LogP contribution in [0.2, 0.25) is 19.6 Å². The van der Waals surface area contributed by atoms with Gasteiger partial charge in [-0.1, -0.05) is 48.6 Å². The van der Waals surface area contributed by atoms with Gasteiger partial charge in [0.2, 0.25) is 0 Å². The molecule has 0 aliphatic heterocycles. The lowest BCUT2D eigenvalue weighted by Gasteiger charge is -2.26. The van der Waals surface area contributed by atoms with Gasteiger partial charge in [-0.05, 0) is 58.5 Å². The first-order chi connectivity index (χ1) is 10.7. The Morgan fingerprint density at radius 3 is 2.26 bits per heavy atom. The van der Waals surface area contributed by atoms with Crippen molar-refractivity contribution in [2.45, 2.75) is 58.5 Å². The van der Waals surface area contributed by atoms with Crippen LogP contribution in [0.1, 0.15) is 38.9 Å². The molecule has 0 aromatic heterocycles. The number of nitrogens with zero attached hydrogens (tertiary/aromatic N) is 1. The Balaban J connectivity index is 2.63. The first-order valence-corrected chi connectivity index (χ1v) is 11.7. The van der Waals surface area contributed by atoms with E-state index >= 15 is 0 Å². The van der Waals surface area contributed by atoms with Gasteiger partial charge in [-0.3, -0.25) is 4.99 Å². The third-order valence-electron chi connectivity index (χ3n) is 2.92. The Labute approximate surface area is 143 Å². The van der Waals surface area contributed by atoms with E-state index in [1.54, 1.807) is 0 Å². The first-order valence-electron chi connectivity index (χ1n) is 8.27. The highest BCUT2D eigenvalue weighted by molar-refractivity contribution is 6.69. The number of allylic oxidation sites excluding steroid dienone is 3. The van der Waals surface area contributed by atoms with Gasteiger partial charge in [-0.2, -0.15) is 0 Å². The van der Waals surface area contributed by atoms with Crippen LogP contribution in [0.15, 0.2) is 59.6 Å². The van der Waals surface area contributed by atoms with Crippen LogP contribution in [0.25, 0.3) is 0 Å². The summed E-state index contributed by atoms with van der Waals surface area (Å²) in [6.45, 7) is 13.0. The largest absolute Gasteiger partial charge is 0.410 e. The number of aliphatic imine (C=N–C) groups is 1. The van der Waals surface area contributed by atoms with Crippen molar-refractivity contribution < 1.29 is 4.43 Å². The van der Waals surface area contributed by atoms with E-state index in [1.807, 2.05) is 24.4 Å². The van der Waals surface area contributed by atoms with E-state index in [4.69, 9.17) is 4.43 Å². The Morgan fingerprint density at radius 2 is 1.70 bits per heavy atom. The molecule has 0 radical (unpaired) electrons. The topological polar surface area (TPSA) is 21.6 Å². The summed E-state index contributed by atoms with van der Waals surface area (Å²) in [5.41, 5.74) is 1.23. The molecule has 1 aromatic carbocycles. The molecule has 0 saturated carbocycles. The Morgan fingerprint density at radius 1 is 1.04 bits per heavy atom. The van der Waals surface area contributed by atoms with Gasteiger partial charge in [0.15, 0.2) is 8.32 Å².